The second kappa shape index (κ2) is 5.52. The molecule has 2 atom stereocenters. The van der Waals surface area contributed by atoms with Crippen molar-refractivity contribution >= 4 is 0 Å². The van der Waals surface area contributed by atoms with Gasteiger partial charge in [-0.15, -0.1) is 6.58 Å². The number of nitrogens with zero attached hydrogens (tertiary/aromatic N) is 1. The van der Waals surface area contributed by atoms with Gasteiger partial charge in [-0.2, -0.15) is 0 Å². The number of hydrogen-bond donors (Lipinski definition) is 1. The molecule has 1 rings (SSSR count). The van der Waals surface area contributed by atoms with E-state index in [-0.39, 0.29) is 0 Å². The lowest BCUT2D eigenvalue weighted by molar-refractivity contribution is 0.207. The van der Waals surface area contributed by atoms with Gasteiger partial charge in [-0.1, -0.05) is 6.08 Å². The lowest BCUT2D eigenvalue weighted by Crippen LogP contribution is -2.35. The Labute approximate surface area is 88.2 Å². The van der Waals surface area contributed by atoms with E-state index in [1.54, 1.807) is 0 Å². The van der Waals surface area contributed by atoms with Gasteiger partial charge in [0.25, 0.3) is 0 Å². The van der Waals surface area contributed by atoms with Gasteiger partial charge in [0.15, 0.2) is 0 Å². The number of nitrogens with two attached hydrogens (primary N) is 1. The summed E-state index contributed by atoms with van der Waals surface area (Å²) in [6.45, 7) is 10.5. The van der Waals surface area contributed by atoms with E-state index in [2.05, 4.69) is 25.3 Å². The first-order chi connectivity index (χ1) is 6.63. The van der Waals surface area contributed by atoms with Crippen LogP contribution >= 0.6 is 0 Å². The maximum absolute atomic E-state index is 5.91. The second-order valence-electron chi connectivity index (χ2n) is 4.78. The third kappa shape index (κ3) is 3.43. The molecule has 14 heavy (non-hydrogen) atoms. The molecule has 82 valence electrons. The first-order valence-electron chi connectivity index (χ1n) is 5.74. The zero-order chi connectivity index (χ0) is 10.6. The molecule has 0 bridgehead atoms. The summed E-state index contributed by atoms with van der Waals surface area (Å²) in [6.07, 6.45) is 5.72. The molecule has 0 heterocycles. The van der Waals surface area contributed by atoms with Gasteiger partial charge in [0.05, 0.1) is 0 Å². The monoisotopic (exact) mass is 196 g/mol. The van der Waals surface area contributed by atoms with Crippen LogP contribution < -0.4 is 5.73 Å². The zero-order valence-electron chi connectivity index (χ0n) is 9.58. The van der Waals surface area contributed by atoms with Gasteiger partial charge in [-0.3, -0.25) is 4.90 Å². The van der Waals surface area contributed by atoms with Crippen molar-refractivity contribution < 1.29 is 0 Å². The molecule has 2 unspecified atom stereocenters. The Balaban J connectivity index is 2.35. The molecule has 0 amide bonds. The van der Waals surface area contributed by atoms with Crippen molar-refractivity contribution in [2.45, 2.75) is 45.2 Å². The first kappa shape index (κ1) is 11.7. The maximum atomic E-state index is 5.91. The fourth-order valence-electron chi connectivity index (χ4n) is 2.27. The third-order valence-electron chi connectivity index (χ3n) is 3.17. The molecule has 0 radical (unpaired) electrons. The molecule has 2 heteroatoms. The highest BCUT2D eigenvalue weighted by Crippen LogP contribution is 2.25. The summed E-state index contributed by atoms with van der Waals surface area (Å²) in [5.41, 5.74) is 5.91. The summed E-state index contributed by atoms with van der Waals surface area (Å²) in [5, 5.41) is 0. The molecule has 1 aliphatic carbocycles. The van der Waals surface area contributed by atoms with Crippen molar-refractivity contribution in [3.05, 3.63) is 12.7 Å². The van der Waals surface area contributed by atoms with E-state index in [1.165, 1.54) is 25.8 Å². The van der Waals surface area contributed by atoms with Crippen molar-refractivity contribution in [1.82, 2.24) is 4.90 Å². The van der Waals surface area contributed by atoms with Crippen LogP contribution in [0.5, 0.6) is 0 Å². The molecule has 0 aromatic heterocycles. The van der Waals surface area contributed by atoms with Crippen molar-refractivity contribution in [3.8, 4) is 0 Å². The average Bonchev–Trinajstić information content (AvgIpc) is 2.50. The molecule has 0 aromatic rings. The van der Waals surface area contributed by atoms with Crippen LogP contribution in [-0.4, -0.2) is 30.1 Å². The third-order valence-corrected chi connectivity index (χ3v) is 3.17. The van der Waals surface area contributed by atoms with Crippen LogP contribution in [0.15, 0.2) is 12.7 Å². The average molecular weight is 196 g/mol. The Hall–Kier alpha value is -0.340. The molecular weight excluding hydrogens is 172 g/mol. The van der Waals surface area contributed by atoms with Crippen LogP contribution in [-0.2, 0) is 0 Å². The van der Waals surface area contributed by atoms with E-state index in [0.717, 1.165) is 12.5 Å². The molecule has 0 spiro atoms. The van der Waals surface area contributed by atoms with E-state index < -0.39 is 0 Å². The fraction of sp³-hybridized carbons (Fsp3) is 0.833. The molecule has 2 nitrogen and oxygen atoms in total. The predicted molar refractivity (Wildman–Crippen MR) is 62.2 cm³/mol. The summed E-state index contributed by atoms with van der Waals surface area (Å²) in [5.74, 6) is 0.812. The minimum Gasteiger partial charge on any atom is -0.328 e. The second-order valence-corrected chi connectivity index (χ2v) is 4.78. The lowest BCUT2D eigenvalue weighted by atomic mass is 10.1. The normalized spacial score (nSPS) is 27.5. The van der Waals surface area contributed by atoms with Crippen LogP contribution in [0.3, 0.4) is 0 Å². The Bertz CT molecular complexity index is 177. The van der Waals surface area contributed by atoms with Gasteiger partial charge in [-0.25, -0.2) is 0 Å². The van der Waals surface area contributed by atoms with Gasteiger partial charge in [-0.05, 0) is 39.0 Å². The minimum atomic E-state index is 0.456. The molecule has 1 fully saturated rings. The van der Waals surface area contributed by atoms with Crippen LogP contribution in [0.25, 0.3) is 0 Å². The molecule has 0 aromatic carbocycles. The summed E-state index contributed by atoms with van der Waals surface area (Å²) < 4.78 is 0. The SMILES string of the molecule is C=CCN(CC1CCC(N)C1)C(C)C. The molecule has 2 N–H and O–H groups in total. The Morgan fingerprint density at radius 1 is 1.50 bits per heavy atom. The first-order valence-corrected chi connectivity index (χ1v) is 5.74. The minimum absolute atomic E-state index is 0.456. The largest absolute Gasteiger partial charge is 0.328 e. The van der Waals surface area contributed by atoms with Crippen molar-refractivity contribution in [2.75, 3.05) is 13.1 Å². The van der Waals surface area contributed by atoms with E-state index in [9.17, 15) is 0 Å². The van der Waals surface area contributed by atoms with Crippen LogP contribution in [0.2, 0.25) is 0 Å². The molecular formula is C12H24N2. The van der Waals surface area contributed by atoms with Crippen molar-refractivity contribution in [3.63, 3.8) is 0 Å². The molecule has 1 saturated carbocycles. The predicted octanol–water partition coefficient (Wildman–Crippen LogP) is 2.01. The van der Waals surface area contributed by atoms with Crippen molar-refractivity contribution in [2.24, 2.45) is 11.7 Å². The summed E-state index contributed by atoms with van der Waals surface area (Å²) in [4.78, 5) is 2.48. The van der Waals surface area contributed by atoms with Gasteiger partial charge < -0.3 is 5.73 Å². The van der Waals surface area contributed by atoms with Crippen LogP contribution in [0, 0.1) is 5.92 Å². The number of hydrogen-bond acceptors (Lipinski definition) is 2. The fourth-order valence-corrected chi connectivity index (χ4v) is 2.27. The van der Waals surface area contributed by atoms with E-state index in [4.69, 9.17) is 5.73 Å². The summed E-state index contributed by atoms with van der Waals surface area (Å²) >= 11 is 0. The highest BCUT2D eigenvalue weighted by molar-refractivity contribution is 4.83. The van der Waals surface area contributed by atoms with Crippen LogP contribution in [0.4, 0.5) is 0 Å². The summed E-state index contributed by atoms with van der Waals surface area (Å²) in [7, 11) is 0. The smallest absolute Gasteiger partial charge is 0.0163 e. The van der Waals surface area contributed by atoms with Gasteiger partial charge in [0.1, 0.15) is 0 Å². The topological polar surface area (TPSA) is 29.3 Å². The lowest BCUT2D eigenvalue weighted by Gasteiger charge is -2.27. The van der Waals surface area contributed by atoms with Gasteiger partial charge in [0.2, 0.25) is 0 Å². The quantitative estimate of drug-likeness (QED) is 0.682. The van der Waals surface area contributed by atoms with Crippen LogP contribution in [0.1, 0.15) is 33.1 Å². The highest BCUT2D eigenvalue weighted by atomic mass is 15.1. The standard InChI is InChI=1S/C12H24N2/c1-4-7-14(10(2)3)9-11-5-6-12(13)8-11/h4,10-12H,1,5-9,13H2,2-3H3. The highest BCUT2D eigenvalue weighted by Gasteiger charge is 2.24. The Morgan fingerprint density at radius 3 is 2.64 bits per heavy atom. The van der Waals surface area contributed by atoms with Gasteiger partial charge >= 0.3 is 0 Å². The Morgan fingerprint density at radius 2 is 2.21 bits per heavy atom. The maximum Gasteiger partial charge on any atom is 0.0163 e. The van der Waals surface area contributed by atoms with Gasteiger partial charge in [0, 0.05) is 25.2 Å². The van der Waals surface area contributed by atoms with E-state index >= 15 is 0 Å². The molecule has 0 saturated heterocycles. The number of rotatable bonds is 5. The Kier molecular flexibility index (Phi) is 4.63. The van der Waals surface area contributed by atoms with Crippen molar-refractivity contribution in [1.29, 1.82) is 0 Å². The zero-order valence-corrected chi connectivity index (χ0v) is 9.58. The molecule has 1 aliphatic rings. The summed E-state index contributed by atoms with van der Waals surface area (Å²) in [6, 6.07) is 1.07. The molecule has 0 aliphatic heterocycles. The van der Waals surface area contributed by atoms with E-state index in [0.29, 0.717) is 12.1 Å². The van der Waals surface area contributed by atoms with E-state index in [1.807, 2.05) is 6.08 Å².